The largest absolute Gasteiger partial charge is 0.464 e. The molecule has 98 valence electrons. The molecule has 0 amide bonds. The Morgan fingerprint density at radius 1 is 1.35 bits per heavy atom. The number of esters is 1. The van der Waals surface area contributed by atoms with E-state index in [0.29, 0.717) is 16.4 Å². The van der Waals surface area contributed by atoms with Gasteiger partial charge in [-0.25, -0.2) is 9.78 Å². The van der Waals surface area contributed by atoms with Crippen LogP contribution in [-0.2, 0) is 4.74 Å². The van der Waals surface area contributed by atoms with Crippen LogP contribution in [0, 0.1) is 22.7 Å². The van der Waals surface area contributed by atoms with Crippen LogP contribution in [0.2, 0.25) is 0 Å². The zero-order valence-corrected chi connectivity index (χ0v) is 11.2. The number of benzene rings is 1. The maximum Gasteiger partial charge on any atom is 0.357 e. The number of hydrogen-bond donors (Lipinski definition) is 1. The van der Waals surface area contributed by atoms with Gasteiger partial charge in [0.2, 0.25) is 0 Å². The normalized spacial score (nSPS) is 9.35. The fourth-order valence-corrected chi connectivity index (χ4v) is 2.16. The minimum Gasteiger partial charge on any atom is -0.464 e. The monoisotopic (exact) mass is 284 g/mol. The third kappa shape index (κ3) is 2.74. The Balaban J connectivity index is 2.23. The van der Waals surface area contributed by atoms with Crippen LogP contribution in [0.15, 0.2) is 23.6 Å². The molecule has 20 heavy (non-hydrogen) atoms. The summed E-state index contributed by atoms with van der Waals surface area (Å²) in [5.74, 6) is -0.508. The number of carbonyl (C=O) groups excluding carboxylic acids is 1. The van der Waals surface area contributed by atoms with Gasteiger partial charge in [0.15, 0.2) is 10.8 Å². The van der Waals surface area contributed by atoms with Crippen molar-refractivity contribution in [2.24, 2.45) is 0 Å². The summed E-state index contributed by atoms with van der Waals surface area (Å²) in [6, 6.07) is 8.66. The molecular weight excluding hydrogens is 276 g/mol. The van der Waals surface area contributed by atoms with E-state index in [1.54, 1.807) is 23.6 Å². The molecule has 2 aromatic rings. The van der Waals surface area contributed by atoms with E-state index in [1.165, 1.54) is 18.4 Å². The lowest BCUT2D eigenvalue weighted by Gasteiger charge is -2.03. The molecule has 2 rings (SSSR count). The summed E-state index contributed by atoms with van der Waals surface area (Å²) in [6.07, 6.45) is 0. The Labute approximate surface area is 118 Å². The Bertz CT molecular complexity index is 740. The van der Waals surface area contributed by atoms with Crippen molar-refractivity contribution in [3.63, 3.8) is 0 Å². The lowest BCUT2D eigenvalue weighted by Crippen LogP contribution is -2.01. The van der Waals surface area contributed by atoms with Crippen LogP contribution in [0.5, 0.6) is 0 Å². The predicted octanol–water partition coefficient (Wildman–Crippen LogP) is 2.42. The van der Waals surface area contributed by atoms with Crippen LogP contribution < -0.4 is 5.32 Å². The fourth-order valence-electron chi connectivity index (χ4n) is 1.46. The zero-order chi connectivity index (χ0) is 14.5. The smallest absolute Gasteiger partial charge is 0.357 e. The summed E-state index contributed by atoms with van der Waals surface area (Å²) < 4.78 is 4.56. The van der Waals surface area contributed by atoms with Crippen LogP contribution >= 0.6 is 11.3 Å². The predicted molar refractivity (Wildman–Crippen MR) is 72.6 cm³/mol. The Kier molecular flexibility index (Phi) is 3.94. The average molecular weight is 284 g/mol. The Hall–Kier alpha value is -2.90. The summed E-state index contributed by atoms with van der Waals surface area (Å²) in [6.45, 7) is 0. The van der Waals surface area contributed by atoms with Crippen LogP contribution in [0.25, 0.3) is 0 Å². The standard InChI is InChI=1S/C13H8N4O2S/c1-19-12(18)11-7-20-13(17-11)16-10-3-2-8(5-14)9(4-10)6-15/h2-4,7H,1H3,(H,16,17). The van der Waals surface area contributed by atoms with Crippen LogP contribution in [0.4, 0.5) is 10.8 Å². The zero-order valence-electron chi connectivity index (χ0n) is 10.4. The number of methoxy groups -OCH3 is 1. The van der Waals surface area contributed by atoms with Crippen molar-refractivity contribution in [3.8, 4) is 12.1 Å². The lowest BCUT2D eigenvalue weighted by atomic mass is 10.1. The van der Waals surface area contributed by atoms with E-state index in [-0.39, 0.29) is 11.3 Å². The molecule has 0 spiro atoms. The highest BCUT2D eigenvalue weighted by Gasteiger charge is 2.11. The first-order valence-electron chi connectivity index (χ1n) is 5.43. The minimum absolute atomic E-state index is 0.217. The highest BCUT2D eigenvalue weighted by molar-refractivity contribution is 7.14. The number of nitrogens with one attached hydrogen (secondary N) is 1. The second kappa shape index (κ2) is 5.83. The van der Waals surface area contributed by atoms with E-state index in [2.05, 4.69) is 15.0 Å². The number of carbonyl (C=O) groups is 1. The third-order valence-electron chi connectivity index (χ3n) is 2.41. The van der Waals surface area contributed by atoms with Gasteiger partial charge in [-0.05, 0) is 18.2 Å². The first-order valence-corrected chi connectivity index (χ1v) is 6.31. The summed E-state index contributed by atoms with van der Waals surface area (Å²) in [5, 5.41) is 22.8. The first kappa shape index (κ1) is 13.5. The van der Waals surface area contributed by atoms with E-state index >= 15 is 0 Å². The number of nitriles is 2. The second-order valence-corrected chi connectivity index (χ2v) is 4.50. The molecule has 6 nitrogen and oxygen atoms in total. The topological polar surface area (TPSA) is 98.8 Å². The van der Waals surface area contributed by atoms with Crippen molar-refractivity contribution in [1.82, 2.24) is 4.98 Å². The number of rotatable bonds is 3. The van der Waals surface area contributed by atoms with Crippen molar-refractivity contribution < 1.29 is 9.53 Å². The number of hydrogen-bond acceptors (Lipinski definition) is 7. The molecule has 0 radical (unpaired) electrons. The summed E-state index contributed by atoms with van der Waals surface area (Å²) in [4.78, 5) is 15.3. The van der Waals surface area contributed by atoms with Crippen molar-refractivity contribution in [2.45, 2.75) is 0 Å². The molecule has 0 fully saturated rings. The van der Waals surface area contributed by atoms with Crippen molar-refractivity contribution in [2.75, 3.05) is 12.4 Å². The maximum absolute atomic E-state index is 11.3. The van der Waals surface area contributed by atoms with Crippen LogP contribution in [0.1, 0.15) is 21.6 Å². The Morgan fingerprint density at radius 2 is 2.10 bits per heavy atom. The van der Waals surface area contributed by atoms with E-state index < -0.39 is 5.97 Å². The van der Waals surface area contributed by atoms with Gasteiger partial charge in [-0.1, -0.05) is 0 Å². The maximum atomic E-state index is 11.3. The van der Waals surface area contributed by atoms with Crippen molar-refractivity contribution in [3.05, 3.63) is 40.4 Å². The van der Waals surface area contributed by atoms with Gasteiger partial charge in [0, 0.05) is 11.1 Å². The van der Waals surface area contributed by atoms with Crippen LogP contribution in [0.3, 0.4) is 0 Å². The molecule has 1 heterocycles. The van der Waals surface area contributed by atoms with E-state index in [9.17, 15) is 4.79 Å². The average Bonchev–Trinajstić information content (AvgIpc) is 2.94. The highest BCUT2D eigenvalue weighted by Crippen LogP contribution is 2.23. The number of aromatic nitrogens is 1. The van der Waals surface area contributed by atoms with Gasteiger partial charge in [-0.15, -0.1) is 11.3 Å². The van der Waals surface area contributed by atoms with Gasteiger partial charge < -0.3 is 10.1 Å². The molecule has 0 aliphatic carbocycles. The van der Waals surface area contributed by atoms with E-state index in [1.807, 2.05) is 12.1 Å². The molecule has 0 bridgehead atoms. The number of ether oxygens (including phenoxy) is 1. The van der Waals surface area contributed by atoms with Gasteiger partial charge >= 0.3 is 5.97 Å². The highest BCUT2D eigenvalue weighted by atomic mass is 32.1. The summed E-state index contributed by atoms with van der Waals surface area (Å²) in [5.41, 5.74) is 1.43. The number of thiazole rings is 1. The number of anilines is 2. The molecule has 7 heteroatoms. The van der Waals surface area contributed by atoms with Gasteiger partial charge in [0.25, 0.3) is 0 Å². The second-order valence-electron chi connectivity index (χ2n) is 3.64. The summed E-state index contributed by atoms with van der Waals surface area (Å²) in [7, 11) is 1.29. The lowest BCUT2D eigenvalue weighted by molar-refractivity contribution is 0.0595. The van der Waals surface area contributed by atoms with E-state index in [4.69, 9.17) is 10.5 Å². The number of nitrogens with zero attached hydrogens (tertiary/aromatic N) is 3. The molecule has 1 aromatic carbocycles. The molecule has 1 aromatic heterocycles. The molecule has 0 aliphatic rings. The van der Waals surface area contributed by atoms with Gasteiger partial charge in [-0.3, -0.25) is 0 Å². The quantitative estimate of drug-likeness (QED) is 0.869. The summed E-state index contributed by atoms with van der Waals surface area (Å²) >= 11 is 1.24. The van der Waals surface area contributed by atoms with E-state index in [0.717, 1.165) is 0 Å². The SMILES string of the molecule is COC(=O)c1csc(Nc2ccc(C#N)c(C#N)c2)n1. The Morgan fingerprint density at radius 3 is 2.75 bits per heavy atom. The molecule has 1 N–H and O–H groups in total. The van der Waals surface area contributed by atoms with Gasteiger partial charge in [0.1, 0.15) is 12.1 Å². The van der Waals surface area contributed by atoms with Crippen molar-refractivity contribution >= 4 is 28.1 Å². The molecule has 0 saturated heterocycles. The molecule has 0 unspecified atom stereocenters. The van der Waals surface area contributed by atoms with Crippen LogP contribution in [-0.4, -0.2) is 18.1 Å². The van der Waals surface area contributed by atoms with Crippen molar-refractivity contribution in [1.29, 1.82) is 10.5 Å². The molecule has 0 atom stereocenters. The van der Waals surface area contributed by atoms with Gasteiger partial charge in [-0.2, -0.15) is 10.5 Å². The minimum atomic E-state index is -0.508. The molecule has 0 saturated carbocycles. The van der Waals surface area contributed by atoms with Gasteiger partial charge in [0.05, 0.1) is 18.2 Å². The molecule has 0 aliphatic heterocycles. The third-order valence-corrected chi connectivity index (χ3v) is 3.17. The molecular formula is C13H8N4O2S. The first-order chi connectivity index (χ1) is 9.67. The fraction of sp³-hybridized carbons (Fsp3) is 0.0769.